The molecule has 13 heavy (non-hydrogen) atoms. The van der Waals surface area contributed by atoms with E-state index in [4.69, 9.17) is 0 Å². The summed E-state index contributed by atoms with van der Waals surface area (Å²) in [5.74, 6) is 0. The fourth-order valence-electron chi connectivity index (χ4n) is 1.91. The molecule has 2 nitrogen and oxygen atoms in total. The van der Waals surface area contributed by atoms with Gasteiger partial charge >= 0.3 is 0 Å². The number of nitrogens with zero attached hydrogens (tertiary/aromatic N) is 2. The van der Waals surface area contributed by atoms with Crippen LogP contribution in [-0.4, -0.2) is 50.1 Å². The molecule has 1 aliphatic rings. The molecule has 1 rings (SSSR count). The van der Waals surface area contributed by atoms with Crippen LogP contribution in [0.1, 0.15) is 20.8 Å². The predicted molar refractivity (Wildman–Crippen MR) is 61.8 cm³/mol. The van der Waals surface area contributed by atoms with E-state index in [2.05, 4.69) is 43.3 Å². The third-order valence-electron chi connectivity index (χ3n) is 2.99. The van der Waals surface area contributed by atoms with Gasteiger partial charge < -0.3 is 4.57 Å². The largest absolute Gasteiger partial charge is 0.324 e. The highest BCUT2D eigenvalue weighted by atomic mass is 28.3. The molecule has 0 bridgehead atoms. The minimum Gasteiger partial charge on any atom is -0.324 e. The van der Waals surface area contributed by atoms with Gasteiger partial charge in [-0.1, -0.05) is 13.1 Å². The Hall–Kier alpha value is 0.137. The third-order valence-corrected chi connectivity index (χ3v) is 4.97. The van der Waals surface area contributed by atoms with Crippen molar-refractivity contribution in [2.45, 2.75) is 39.4 Å². The van der Waals surface area contributed by atoms with E-state index in [-0.39, 0.29) is 0 Å². The first-order valence-corrected chi connectivity index (χ1v) is 8.23. The highest BCUT2D eigenvalue weighted by Crippen LogP contribution is 2.16. The first kappa shape index (κ1) is 11.2. The van der Waals surface area contributed by atoms with Gasteiger partial charge in [-0.05, 0) is 20.8 Å². The molecule has 0 unspecified atom stereocenters. The normalized spacial score (nSPS) is 22.6. The van der Waals surface area contributed by atoms with Crippen LogP contribution in [0.15, 0.2) is 0 Å². The van der Waals surface area contributed by atoms with Crippen LogP contribution in [0, 0.1) is 0 Å². The number of hydrogen-bond donors (Lipinski definition) is 0. The maximum Gasteiger partial charge on any atom is 0.105 e. The maximum absolute atomic E-state index is 2.70. The van der Waals surface area contributed by atoms with Gasteiger partial charge in [-0.2, -0.15) is 0 Å². The number of rotatable bonds is 1. The van der Waals surface area contributed by atoms with Crippen LogP contribution in [0.25, 0.3) is 0 Å². The molecule has 0 saturated carbocycles. The molecule has 0 N–H and O–H groups in total. The molecule has 0 aromatic rings. The second kappa shape index (κ2) is 4.11. The van der Waals surface area contributed by atoms with E-state index in [0.717, 1.165) is 0 Å². The van der Waals surface area contributed by atoms with Gasteiger partial charge in [0.15, 0.2) is 0 Å². The van der Waals surface area contributed by atoms with Crippen molar-refractivity contribution in [2.24, 2.45) is 0 Å². The zero-order valence-corrected chi connectivity index (χ0v) is 11.0. The molecule has 1 saturated heterocycles. The molecule has 0 radical (unpaired) electrons. The van der Waals surface area contributed by atoms with E-state index in [0.29, 0.717) is 5.54 Å². The summed E-state index contributed by atoms with van der Waals surface area (Å²) in [5, 5.41) is 0. The molecule has 78 valence electrons. The van der Waals surface area contributed by atoms with E-state index >= 15 is 0 Å². The molecule has 0 aliphatic carbocycles. The SMILES string of the molecule is C[SiH](C)N1CCN(C(C)(C)C)CC1. The Bertz CT molecular complexity index is 155. The summed E-state index contributed by atoms with van der Waals surface area (Å²) < 4.78 is 2.70. The second-order valence-corrected chi connectivity index (χ2v) is 8.21. The molecule has 0 aromatic heterocycles. The minimum atomic E-state index is -0.526. The predicted octanol–water partition coefficient (Wildman–Crippen LogP) is 1.39. The van der Waals surface area contributed by atoms with Gasteiger partial charge in [0.25, 0.3) is 0 Å². The summed E-state index contributed by atoms with van der Waals surface area (Å²) in [6.45, 7) is 16.9. The van der Waals surface area contributed by atoms with E-state index in [9.17, 15) is 0 Å². The van der Waals surface area contributed by atoms with Crippen LogP contribution in [0.2, 0.25) is 13.1 Å². The molecule has 0 aromatic carbocycles. The lowest BCUT2D eigenvalue weighted by atomic mass is 10.1. The topological polar surface area (TPSA) is 6.48 Å². The fraction of sp³-hybridized carbons (Fsp3) is 1.00. The van der Waals surface area contributed by atoms with Gasteiger partial charge in [0.05, 0.1) is 0 Å². The summed E-state index contributed by atoms with van der Waals surface area (Å²) in [5.41, 5.74) is 0.366. The Kier molecular flexibility index (Phi) is 3.55. The van der Waals surface area contributed by atoms with Crippen LogP contribution in [-0.2, 0) is 0 Å². The summed E-state index contributed by atoms with van der Waals surface area (Å²) in [4.78, 5) is 2.60. The average Bonchev–Trinajstić information content (AvgIpc) is 2.03. The van der Waals surface area contributed by atoms with E-state index in [1.54, 1.807) is 0 Å². The van der Waals surface area contributed by atoms with Crippen molar-refractivity contribution in [3.05, 3.63) is 0 Å². The molecule has 3 heteroatoms. The first-order valence-electron chi connectivity index (χ1n) is 5.40. The zero-order valence-electron chi connectivity index (χ0n) is 9.80. The van der Waals surface area contributed by atoms with Crippen LogP contribution in [0.5, 0.6) is 0 Å². The van der Waals surface area contributed by atoms with Crippen LogP contribution in [0.3, 0.4) is 0 Å². The highest BCUT2D eigenvalue weighted by Gasteiger charge is 2.26. The zero-order chi connectivity index (χ0) is 10.1. The van der Waals surface area contributed by atoms with Gasteiger partial charge in [0.2, 0.25) is 0 Å². The number of hydrogen-bond acceptors (Lipinski definition) is 2. The minimum absolute atomic E-state index is 0.366. The van der Waals surface area contributed by atoms with Crippen molar-refractivity contribution in [1.82, 2.24) is 9.47 Å². The van der Waals surface area contributed by atoms with E-state index in [1.807, 2.05) is 0 Å². The number of piperazine rings is 1. The Morgan fingerprint density at radius 2 is 1.38 bits per heavy atom. The Morgan fingerprint density at radius 1 is 0.923 bits per heavy atom. The molecular weight excluding hydrogens is 176 g/mol. The van der Waals surface area contributed by atoms with E-state index in [1.165, 1.54) is 26.2 Å². The van der Waals surface area contributed by atoms with Gasteiger partial charge in [0, 0.05) is 31.7 Å². The second-order valence-electron chi connectivity index (χ2n) is 5.29. The molecule has 1 fully saturated rings. The Morgan fingerprint density at radius 3 is 1.69 bits per heavy atom. The fourth-order valence-corrected chi connectivity index (χ4v) is 3.17. The molecule has 1 heterocycles. The summed E-state index contributed by atoms with van der Waals surface area (Å²) in [7, 11) is -0.526. The van der Waals surface area contributed by atoms with Gasteiger partial charge in [-0.3, -0.25) is 4.90 Å². The summed E-state index contributed by atoms with van der Waals surface area (Å²) in [6.07, 6.45) is 0. The van der Waals surface area contributed by atoms with Crippen molar-refractivity contribution in [1.29, 1.82) is 0 Å². The maximum atomic E-state index is 2.70. The van der Waals surface area contributed by atoms with Crippen LogP contribution >= 0.6 is 0 Å². The molecule has 1 aliphatic heterocycles. The van der Waals surface area contributed by atoms with Gasteiger partial charge in [-0.25, -0.2) is 0 Å². The molecule has 0 amide bonds. The van der Waals surface area contributed by atoms with E-state index < -0.39 is 8.96 Å². The average molecular weight is 200 g/mol. The lowest BCUT2D eigenvalue weighted by Crippen LogP contribution is -2.55. The monoisotopic (exact) mass is 200 g/mol. The van der Waals surface area contributed by atoms with Crippen molar-refractivity contribution in [3.63, 3.8) is 0 Å². The summed E-state index contributed by atoms with van der Waals surface area (Å²) >= 11 is 0. The van der Waals surface area contributed by atoms with Crippen LogP contribution in [0.4, 0.5) is 0 Å². The van der Waals surface area contributed by atoms with Crippen molar-refractivity contribution < 1.29 is 0 Å². The summed E-state index contributed by atoms with van der Waals surface area (Å²) in [6, 6.07) is 0. The third kappa shape index (κ3) is 3.08. The van der Waals surface area contributed by atoms with Crippen molar-refractivity contribution >= 4 is 8.96 Å². The van der Waals surface area contributed by atoms with Gasteiger partial charge in [0.1, 0.15) is 8.96 Å². The molecule has 0 atom stereocenters. The first-order chi connectivity index (χ1) is 5.91. The molecular formula is C10H24N2Si. The Labute approximate surface area is 84.6 Å². The van der Waals surface area contributed by atoms with Crippen LogP contribution < -0.4 is 0 Å². The van der Waals surface area contributed by atoms with Crippen molar-refractivity contribution in [3.8, 4) is 0 Å². The quantitative estimate of drug-likeness (QED) is 0.590. The lowest BCUT2D eigenvalue weighted by molar-refractivity contribution is 0.0908. The molecule has 0 spiro atoms. The standard InChI is InChI=1S/C10H24N2Si/c1-10(2,3)11-6-8-12(9-7-11)13(4)5/h13H,6-9H2,1-5H3. The smallest absolute Gasteiger partial charge is 0.105 e. The van der Waals surface area contributed by atoms with Gasteiger partial charge in [-0.15, -0.1) is 0 Å². The lowest BCUT2D eigenvalue weighted by Gasteiger charge is -2.43. The Balaban J connectivity index is 2.39. The highest BCUT2D eigenvalue weighted by molar-refractivity contribution is 6.52. The van der Waals surface area contributed by atoms with Crippen molar-refractivity contribution in [2.75, 3.05) is 26.2 Å².